The summed E-state index contributed by atoms with van der Waals surface area (Å²) < 4.78 is 0. The number of hydrogen-bond donors (Lipinski definition) is 0. The van der Waals surface area contributed by atoms with Gasteiger partial charge in [0.2, 0.25) is 0 Å². The number of rotatable bonds is 1. The van der Waals surface area contributed by atoms with Crippen molar-refractivity contribution in [3.05, 3.63) is 41.6 Å². The molecule has 0 bridgehead atoms. The van der Waals surface area contributed by atoms with Crippen LogP contribution in [0.15, 0.2) is 30.5 Å². The van der Waals surface area contributed by atoms with Crippen molar-refractivity contribution < 1.29 is 0 Å². The Bertz CT molecular complexity index is 509. The lowest BCUT2D eigenvalue weighted by atomic mass is 10.0. The molecule has 0 N–H and O–H groups in total. The highest BCUT2D eigenvalue weighted by molar-refractivity contribution is 5.87. The summed E-state index contributed by atoms with van der Waals surface area (Å²) >= 11 is 0. The van der Waals surface area contributed by atoms with Gasteiger partial charge in [0.15, 0.2) is 0 Å². The summed E-state index contributed by atoms with van der Waals surface area (Å²) in [6.45, 7) is 2.09. The number of fused-ring (bicyclic) bond motifs is 1. The molecule has 0 saturated heterocycles. The number of pyridine rings is 1. The highest BCUT2D eigenvalue weighted by Gasteiger charge is 2.04. The Morgan fingerprint density at radius 2 is 2.21 bits per heavy atom. The van der Waals surface area contributed by atoms with Crippen LogP contribution in [0.5, 0.6) is 0 Å². The Morgan fingerprint density at radius 1 is 1.36 bits per heavy atom. The van der Waals surface area contributed by atoms with Gasteiger partial charge in [-0.25, -0.2) is 0 Å². The van der Waals surface area contributed by atoms with E-state index < -0.39 is 0 Å². The highest BCUT2D eigenvalue weighted by Crippen LogP contribution is 2.20. The van der Waals surface area contributed by atoms with Gasteiger partial charge in [-0.3, -0.25) is 4.98 Å². The molecule has 0 amide bonds. The summed E-state index contributed by atoms with van der Waals surface area (Å²) in [6, 6.07) is 9.83. The third-order valence-electron chi connectivity index (χ3n) is 2.35. The fourth-order valence-corrected chi connectivity index (χ4v) is 1.61. The second-order valence-corrected chi connectivity index (χ2v) is 3.14. The summed E-state index contributed by atoms with van der Waals surface area (Å²) in [4.78, 5) is 4.31. The molecular weight excluding hydrogens is 172 g/mol. The van der Waals surface area contributed by atoms with E-state index in [-0.39, 0.29) is 0 Å². The van der Waals surface area contributed by atoms with Gasteiger partial charge in [0.25, 0.3) is 0 Å². The molecular formula is C12H10N2. The smallest absolute Gasteiger partial charge is 0.0998 e. The Labute approximate surface area is 82.8 Å². The molecule has 1 aromatic heterocycles. The summed E-state index contributed by atoms with van der Waals surface area (Å²) in [5.41, 5.74) is 2.85. The SMILES string of the molecule is CCc1ccc(C#N)c2cccnc12. The molecule has 0 saturated carbocycles. The second-order valence-electron chi connectivity index (χ2n) is 3.14. The average Bonchev–Trinajstić information content (AvgIpc) is 2.27. The van der Waals surface area contributed by atoms with Crippen LogP contribution in [0.4, 0.5) is 0 Å². The van der Waals surface area contributed by atoms with Crippen molar-refractivity contribution in [2.75, 3.05) is 0 Å². The van der Waals surface area contributed by atoms with Gasteiger partial charge in [-0.05, 0) is 30.2 Å². The fourth-order valence-electron chi connectivity index (χ4n) is 1.61. The van der Waals surface area contributed by atoms with Crippen LogP contribution in [0.3, 0.4) is 0 Å². The van der Waals surface area contributed by atoms with Crippen molar-refractivity contribution in [1.29, 1.82) is 5.26 Å². The summed E-state index contributed by atoms with van der Waals surface area (Å²) in [7, 11) is 0. The summed E-state index contributed by atoms with van der Waals surface area (Å²) in [5.74, 6) is 0. The van der Waals surface area contributed by atoms with Crippen molar-refractivity contribution in [1.82, 2.24) is 4.98 Å². The quantitative estimate of drug-likeness (QED) is 0.679. The van der Waals surface area contributed by atoms with E-state index in [4.69, 9.17) is 5.26 Å². The Hall–Kier alpha value is -1.88. The molecule has 0 aliphatic rings. The van der Waals surface area contributed by atoms with E-state index >= 15 is 0 Å². The van der Waals surface area contributed by atoms with Crippen LogP contribution in [-0.4, -0.2) is 4.98 Å². The molecule has 1 aromatic carbocycles. The topological polar surface area (TPSA) is 36.7 Å². The highest BCUT2D eigenvalue weighted by atomic mass is 14.6. The van der Waals surface area contributed by atoms with Crippen molar-refractivity contribution in [2.24, 2.45) is 0 Å². The van der Waals surface area contributed by atoms with Crippen molar-refractivity contribution in [2.45, 2.75) is 13.3 Å². The van der Waals surface area contributed by atoms with Gasteiger partial charge < -0.3 is 0 Å². The van der Waals surface area contributed by atoms with Crippen LogP contribution in [0, 0.1) is 11.3 Å². The van der Waals surface area contributed by atoms with Crippen LogP contribution >= 0.6 is 0 Å². The number of hydrogen-bond acceptors (Lipinski definition) is 2. The first-order valence-corrected chi connectivity index (χ1v) is 4.63. The Morgan fingerprint density at radius 3 is 2.93 bits per heavy atom. The van der Waals surface area contributed by atoms with Crippen molar-refractivity contribution in [3.8, 4) is 6.07 Å². The minimum absolute atomic E-state index is 0.699. The molecule has 2 nitrogen and oxygen atoms in total. The normalized spacial score (nSPS) is 10.0. The molecule has 2 aromatic rings. The van der Waals surface area contributed by atoms with Crippen molar-refractivity contribution >= 4 is 10.9 Å². The number of nitriles is 1. The number of aryl methyl sites for hydroxylation is 1. The van der Waals surface area contributed by atoms with Crippen LogP contribution in [-0.2, 0) is 6.42 Å². The average molecular weight is 182 g/mol. The molecule has 68 valence electrons. The Kier molecular flexibility index (Phi) is 2.16. The monoisotopic (exact) mass is 182 g/mol. The molecule has 0 fully saturated rings. The molecule has 2 heteroatoms. The largest absolute Gasteiger partial charge is 0.256 e. The molecule has 0 spiro atoms. The first kappa shape index (κ1) is 8.71. The van der Waals surface area contributed by atoms with Crippen LogP contribution in [0.1, 0.15) is 18.1 Å². The maximum absolute atomic E-state index is 8.92. The van der Waals surface area contributed by atoms with Crippen LogP contribution < -0.4 is 0 Å². The molecule has 0 aliphatic carbocycles. The van der Waals surface area contributed by atoms with Gasteiger partial charge in [0.1, 0.15) is 0 Å². The first-order chi connectivity index (χ1) is 6.86. The zero-order chi connectivity index (χ0) is 9.97. The lowest BCUT2D eigenvalue weighted by Gasteiger charge is -2.03. The second kappa shape index (κ2) is 3.47. The predicted molar refractivity (Wildman–Crippen MR) is 55.8 cm³/mol. The summed E-state index contributed by atoms with van der Waals surface area (Å²) in [6.07, 6.45) is 2.71. The van der Waals surface area contributed by atoms with Gasteiger partial charge in [-0.2, -0.15) is 5.26 Å². The van der Waals surface area contributed by atoms with E-state index in [1.54, 1.807) is 6.20 Å². The number of benzene rings is 1. The van der Waals surface area contributed by atoms with Gasteiger partial charge in [0, 0.05) is 11.6 Å². The van der Waals surface area contributed by atoms with Crippen LogP contribution in [0.2, 0.25) is 0 Å². The van der Waals surface area contributed by atoms with E-state index in [0.717, 1.165) is 17.3 Å². The van der Waals surface area contributed by atoms with E-state index in [1.807, 2.05) is 24.3 Å². The molecule has 2 rings (SSSR count). The standard InChI is InChI=1S/C12H10N2/c1-2-9-5-6-10(8-13)11-4-3-7-14-12(9)11/h3-7H,2H2,1H3. The minimum atomic E-state index is 0.699. The molecule has 1 heterocycles. The van der Waals surface area contributed by atoms with E-state index in [2.05, 4.69) is 18.0 Å². The van der Waals surface area contributed by atoms with Gasteiger partial charge in [-0.15, -0.1) is 0 Å². The zero-order valence-electron chi connectivity index (χ0n) is 7.99. The van der Waals surface area contributed by atoms with Gasteiger partial charge >= 0.3 is 0 Å². The Balaban J connectivity index is 2.87. The lowest BCUT2D eigenvalue weighted by molar-refractivity contribution is 1.14. The lowest BCUT2D eigenvalue weighted by Crippen LogP contribution is -1.89. The maximum Gasteiger partial charge on any atom is 0.0998 e. The molecule has 0 radical (unpaired) electrons. The molecule has 0 aliphatic heterocycles. The number of nitrogens with zero attached hydrogens (tertiary/aromatic N) is 2. The van der Waals surface area contributed by atoms with E-state index in [9.17, 15) is 0 Å². The third-order valence-corrected chi connectivity index (χ3v) is 2.35. The van der Waals surface area contributed by atoms with E-state index in [1.165, 1.54) is 5.56 Å². The van der Waals surface area contributed by atoms with E-state index in [0.29, 0.717) is 5.56 Å². The molecule has 0 unspecified atom stereocenters. The third kappa shape index (κ3) is 1.23. The predicted octanol–water partition coefficient (Wildman–Crippen LogP) is 2.67. The minimum Gasteiger partial charge on any atom is -0.256 e. The molecule has 14 heavy (non-hydrogen) atoms. The fraction of sp³-hybridized carbons (Fsp3) is 0.167. The maximum atomic E-state index is 8.92. The first-order valence-electron chi connectivity index (χ1n) is 4.63. The van der Waals surface area contributed by atoms with Gasteiger partial charge in [0.05, 0.1) is 17.1 Å². The molecule has 0 atom stereocenters. The summed E-state index contributed by atoms with van der Waals surface area (Å²) in [5, 5.41) is 9.87. The van der Waals surface area contributed by atoms with Crippen molar-refractivity contribution in [3.63, 3.8) is 0 Å². The zero-order valence-corrected chi connectivity index (χ0v) is 7.99. The van der Waals surface area contributed by atoms with Crippen LogP contribution in [0.25, 0.3) is 10.9 Å². The van der Waals surface area contributed by atoms with Gasteiger partial charge in [-0.1, -0.05) is 13.0 Å². The number of aromatic nitrogens is 1.